The highest BCUT2D eigenvalue weighted by atomic mass is 29.1. The zero-order valence-corrected chi connectivity index (χ0v) is 7.45. The fraction of sp³-hybridized carbons (Fsp3) is 1.00. The maximum Gasteiger partial charge on any atom is 0.0319 e. The van der Waals surface area contributed by atoms with Gasteiger partial charge in [0.25, 0.3) is 0 Å². The summed E-state index contributed by atoms with van der Waals surface area (Å²) in [5, 5.41) is 7.00. The van der Waals surface area contributed by atoms with E-state index in [2.05, 4.69) is 0 Å². The first-order valence-electron chi connectivity index (χ1n) is 1.45. The fourth-order valence-electron chi connectivity index (χ4n) is 0. The Morgan fingerprint density at radius 3 is 1.25 bits per heavy atom. The van der Waals surface area contributed by atoms with Crippen molar-refractivity contribution in [1.29, 1.82) is 0 Å². The number of aliphatic hydroxyl groups is 1. The van der Waals surface area contributed by atoms with Crippen LogP contribution in [0.2, 0.25) is 0 Å². The summed E-state index contributed by atoms with van der Waals surface area (Å²) in [6.45, 7) is 0. The van der Waals surface area contributed by atoms with Crippen LogP contribution in [0.5, 0.6) is 0 Å². The van der Waals surface area contributed by atoms with Gasteiger partial charge in [0.2, 0.25) is 0 Å². The van der Waals surface area contributed by atoms with Crippen LogP contribution in [-0.4, -0.2) is 31.7 Å². The molecule has 0 saturated heterocycles. The Morgan fingerprint density at radius 1 is 1.25 bits per heavy atom. The van der Waals surface area contributed by atoms with E-state index in [1.54, 1.807) is 0 Å². The maximum atomic E-state index is 7.00. The van der Waals surface area contributed by atoms with Crippen LogP contribution in [0.15, 0.2) is 0 Å². The van der Waals surface area contributed by atoms with E-state index in [0.29, 0.717) is 0 Å². The summed E-state index contributed by atoms with van der Waals surface area (Å²) in [5.74, 6) is 0. The molecule has 4 heavy (non-hydrogen) atoms. The molecule has 0 rings (SSSR count). The maximum absolute atomic E-state index is 7.00. The van der Waals surface area contributed by atoms with E-state index >= 15 is 0 Å². The quantitative estimate of drug-likeness (QED) is 0.322. The summed E-state index contributed by atoms with van der Waals surface area (Å²) in [5.41, 5.74) is 0. The lowest BCUT2D eigenvalue weighted by Gasteiger charge is -1.21. The molecule has 0 heterocycles. The third-order valence-corrected chi connectivity index (χ3v) is 0. The van der Waals surface area contributed by atoms with Crippen molar-refractivity contribution >= 4 is 19.5 Å². The molecule has 0 aromatic heterocycles. The van der Waals surface area contributed by atoms with E-state index in [-0.39, 0.29) is 0 Å². The molecule has 28 valence electrons. The van der Waals surface area contributed by atoms with Crippen molar-refractivity contribution in [2.75, 3.05) is 7.11 Å². The first-order chi connectivity index (χ1) is 2.00. The molecule has 0 saturated carbocycles. The third kappa shape index (κ3) is 30.0. The van der Waals surface area contributed by atoms with E-state index in [1.165, 1.54) is 19.5 Å². The molecule has 0 radical (unpaired) electrons. The minimum atomic E-state index is 1.00. The average Bonchev–Trinajstić information content (AvgIpc) is 1.50. The Morgan fingerprint density at radius 2 is 1.25 bits per heavy atom. The van der Waals surface area contributed by atoms with Crippen LogP contribution in [0.1, 0.15) is 0 Å². The van der Waals surface area contributed by atoms with Crippen molar-refractivity contribution in [1.82, 2.24) is 0 Å². The van der Waals surface area contributed by atoms with Gasteiger partial charge in [0.05, 0.1) is 0 Å². The lowest BCUT2D eigenvalue weighted by Crippen LogP contribution is -1.38. The molecule has 0 aromatic carbocycles. The third-order valence-electron chi connectivity index (χ3n) is 0. The van der Waals surface area contributed by atoms with Crippen LogP contribution in [0.3, 0.4) is 0 Å². The normalized spacial score (nSPS) is 4.50. The predicted molar refractivity (Wildman–Crippen MR) is 28.0 cm³/mol. The number of rotatable bonds is 0. The van der Waals surface area contributed by atoms with Crippen LogP contribution in [-0.2, 0) is 0 Å². The summed E-state index contributed by atoms with van der Waals surface area (Å²) in [6, 6.07) is 0. The molecule has 0 aliphatic carbocycles. The fourth-order valence-corrected chi connectivity index (χ4v) is 0. The van der Waals surface area contributed by atoms with Gasteiger partial charge >= 0.3 is 0 Å². The monoisotopic (exact) mass is 94.0 g/mol. The zero-order valence-electron chi connectivity index (χ0n) is 3.45. The van der Waals surface area contributed by atoms with Crippen molar-refractivity contribution in [2.24, 2.45) is 0 Å². The van der Waals surface area contributed by atoms with Crippen LogP contribution in [0.4, 0.5) is 0 Å². The molecule has 0 aromatic rings. The van der Waals surface area contributed by atoms with Gasteiger partial charge in [-0.3, -0.25) is 0 Å². The molecule has 0 amide bonds. The van der Waals surface area contributed by atoms with Gasteiger partial charge in [0, 0.05) is 7.11 Å². The summed E-state index contributed by atoms with van der Waals surface area (Å²) < 4.78 is 0. The van der Waals surface area contributed by atoms with Gasteiger partial charge in [-0.1, -0.05) is 0 Å². The van der Waals surface area contributed by atoms with E-state index in [4.69, 9.17) is 5.11 Å². The van der Waals surface area contributed by atoms with Gasteiger partial charge in [0.15, 0.2) is 0 Å². The molecule has 3 heteroatoms. The molecular formula is CH10OSi2. The Bertz CT molecular complexity index is 6.00. The van der Waals surface area contributed by atoms with Crippen LogP contribution >= 0.6 is 0 Å². The lowest BCUT2D eigenvalue weighted by molar-refractivity contribution is 0.399. The van der Waals surface area contributed by atoms with E-state index in [0.717, 1.165) is 7.11 Å². The van der Waals surface area contributed by atoms with Crippen molar-refractivity contribution in [2.45, 2.75) is 0 Å². The van der Waals surface area contributed by atoms with Gasteiger partial charge in [-0.05, 0) is 19.5 Å². The number of aliphatic hydroxyl groups excluding tert-OH is 1. The largest absolute Gasteiger partial charge is 0.400 e. The van der Waals surface area contributed by atoms with Crippen LogP contribution in [0.25, 0.3) is 0 Å². The van der Waals surface area contributed by atoms with Crippen molar-refractivity contribution in [3.8, 4) is 0 Å². The predicted octanol–water partition coefficient (Wildman–Crippen LogP) is -2.76. The standard InChI is InChI=1S/CH4O.H6Si2/c2*1-2/h2H,1H3;1-2H3. The second-order valence-electron chi connectivity index (χ2n) is 0. The summed E-state index contributed by atoms with van der Waals surface area (Å²) in [7, 11) is 3.89. The molecule has 0 bridgehead atoms. The SMILES string of the molecule is CO.[SiH3][SiH3]. The highest BCUT2D eigenvalue weighted by Crippen LogP contribution is 0.755. The highest BCUT2D eigenvalue weighted by molar-refractivity contribution is 6.75. The smallest absolute Gasteiger partial charge is 0.0319 e. The van der Waals surface area contributed by atoms with Gasteiger partial charge in [0.1, 0.15) is 0 Å². The van der Waals surface area contributed by atoms with Gasteiger partial charge in [-0.15, -0.1) is 0 Å². The van der Waals surface area contributed by atoms with E-state index < -0.39 is 0 Å². The van der Waals surface area contributed by atoms with E-state index in [9.17, 15) is 0 Å². The van der Waals surface area contributed by atoms with E-state index in [1.807, 2.05) is 0 Å². The van der Waals surface area contributed by atoms with Gasteiger partial charge in [-0.25, -0.2) is 0 Å². The zero-order chi connectivity index (χ0) is 4.00. The topological polar surface area (TPSA) is 20.2 Å². The molecule has 0 spiro atoms. The second kappa shape index (κ2) is 125. The number of hydrogen-bond donors (Lipinski definition) is 1. The van der Waals surface area contributed by atoms with Crippen molar-refractivity contribution < 1.29 is 5.11 Å². The Hall–Kier alpha value is 0.394. The van der Waals surface area contributed by atoms with Crippen molar-refractivity contribution in [3.63, 3.8) is 0 Å². The molecule has 0 atom stereocenters. The average molecular weight is 94.3 g/mol. The summed E-state index contributed by atoms with van der Waals surface area (Å²) >= 11 is 0. The molecular weight excluding hydrogens is 84.2 g/mol. The Kier molecular flexibility index (Phi) is 277. The molecule has 1 N–H and O–H groups in total. The first kappa shape index (κ1) is 8.83. The molecule has 0 aliphatic rings. The van der Waals surface area contributed by atoms with Gasteiger partial charge < -0.3 is 5.11 Å². The molecule has 1 nitrogen and oxygen atoms in total. The minimum absolute atomic E-state index is 1.00. The number of hydrogen-bond acceptors (Lipinski definition) is 1. The first-order valence-corrected chi connectivity index (χ1v) is 9.45. The lowest BCUT2D eigenvalue weighted by atomic mass is 11.8. The van der Waals surface area contributed by atoms with Crippen LogP contribution in [0, 0.1) is 0 Å². The second-order valence-corrected chi connectivity index (χ2v) is 0. The minimum Gasteiger partial charge on any atom is -0.400 e. The van der Waals surface area contributed by atoms with Gasteiger partial charge in [-0.2, -0.15) is 0 Å². The molecule has 0 aliphatic heterocycles. The Labute approximate surface area is 32.7 Å². The molecule has 0 fully saturated rings. The summed E-state index contributed by atoms with van der Waals surface area (Å²) in [6.07, 6.45) is 0. The molecule has 0 unspecified atom stereocenters. The summed E-state index contributed by atoms with van der Waals surface area (Å²) in [4.78, 5) is 0. The Balaban J connectivity index is 0. The highest BCUT2D eigenvalue weighted by Gasteiger charge is 0.988. The van der Waals surface area contributed by atoms with Crippen LogP contribution < -0.4 is 0 Å². The van der Waals surface area contributed by atoms with Crippen molar-refractivity contribution in [3.05, 3.63) is 0 Å².